The summed E-state index contributed by atoms with van der Waals surface area (Å²) in [6.07, 6.45) is 4.92. The molecule has 2 N–H and O–H groups in total. The highest BCUT2D eigenvalue weighted by Crippen LogP contribution is 2.44. The van der Waals surface area contributed by atoms with E-state index in [1.807, 2.05) is 25.8 Å². The highest BCUT2D eigenvalue weighted by Gasteiger charge is 2.47. The van der Waals surface area contributed by atoms with E-state index in [9.17, 15) is 9.59 Å². The summed E-state index contributed by atoms with van der Waals surface area (Å²) < 4.78 is 0. The Balaban J connectivity index is 1.72. The first-order chi connectivity index (χ1) is 12.3. The summed E-state index contributed by atoms with van der Waals surface area (Å²) in [5.41, 5.74) is 0. The zero-order valence-corrected chi connectivity index (χ0v) is 17.1. The van der Waals surface area contributed by atoms with Crippen LogP contribution in [0.2, 0.25) is 0 Å². The Bertz CT molecular complexity index is 535. The molecular weight excluding hydrogens is 326 g/mol. The van der Waals surface area contributed by atoms with Gasteiger partial charge in [-0.25, -0.2) is 0 Å². The van der Waals surface area contributed by atoms with Gasteiger partial charge >= 0.3 is 0 Å². The monoisotopic (exact) mass is 363 g/mol. The first kappa shape index (κ1) is 19.7. The molecular formula is C21H37N3O2. The quantitative estimate of drug-likeness (QED) is 0.809. The molecule has 0 bridgehead atoms. The lowest BCUT2D eigenvalue weighted by Crippen LogP contribution is -2.60. The minimum absolute atomic E-state index is 0.0685. The number of nitrogens with zero attached hydrogens (tertiary/aromatic N) is 1. The van der Waals surface area contributed by atoms with E-state index in [-0.39, 0.29) is 23.8 Å². The smallest absolute Gasteiger partial charge is 0.225 e. The zero-order valence-electron chi connectivity index (χ0n) is 17.1. The first-order valence-electron chi connectivity index (χ1n) is 10.6. The van der Waals surface area contributed by atoms with Crippen LogP contribution in [0.1, 0.15) is 59.8 Å². The molecule has 3 aliphatic rings. The van der Waals surface area contributed by atoms with Gasteiger partial charge in [0.05, 0.1) is 0 Å². The molecule has 7 unspecified atom stereocenters. The average Bonchev–Trinajstić information content (AvgIpc) is 2.58. The molecule has 3 fully saturated rings. The molecule has 1 saturated carbocycles. The van der Waals surface area contributed by atoms with E-state index in [4.69, 9.17) is 0 Å². The average molecular weight is 364 g/mol. The van der Waals surface area contributed by atoms with Gasteiger partial charge in [-0.05, 0) is 70.6 Å². The summed E-state index contributed by atoms with van der Waals surface area (Å²) in [7, 11) is 2.00. The van der Waals surface area contributed by atoms with E-state index < -0.39 is 0 Å². The van der Waals surface area contributed by atoms with E-state index >= 15 is 0 Å². The zero-order chi connectivity index (χ0) is 19.0. The molecule has 2 aliphatic heterocycles. The fourth-order valence-corrected chi connectivity index (χ4v) is 5.61. The summed E-state index contributed by atoms with van der Waals surface area (Å²) in [5, 5.41) is 6.67. The number of amides is 2. The van der Waals surface area contributed by atoms with E-state index in [1.54, 1.807) is 0 Å². The minimum Gasteiger partial charge on any atom is -0.354 e. The summed E-state index contributed by atoms with van der Waals surface area (Å²) >= 11 is 0. The van der Waals surface area contributed by atoms with Crippen molar-refractivity contribution >= 4 is 11.8 Å². The third-order valence-electron chi connectivity index (χ3n) is 7.16. The van der Waals surface area contributed by atoms with E-state index in [0.717, 1.165) is 38.6 Å². The van der Waals surface area contributed by atoms with Gasteiger partial charge in [-0.15, -0.1) is 0 Å². The highest BCUT2D eigenvalue weighted by molar-refractivity contribution is 5.81. The van der Waals surface area contributed by atoms with Crippen LogP contribution in [0, 0.1) is 29.6 Å². The molecule has 5 heteroatoms. The van der Waals surface area contributed by atoms with Gasteiger partial charge in [0.25, 0.3) is 0 Å². The summed E-state index contributed by atoms with van der Waals surface area (Å²) in [5.74, 6) is 2.06. The Morgan fingerprint density at radius 3 is 2.62 bits per heavy atom. The van der Waals surface area contributed by atoms with Crippen LogP contribution >= 0.6 is 0 Å². The number of hydrogen-bond acceptors (Lipinski definition) is 3. The lowest BCUT2D eigenvalue weighted by molar-refractivity contribution is -0.149. The Morgan fingerprint density at radius 1 is 1.19 bits per heavy atom. The molecule has 148 valence electrons. The van der Waals surface area contributed by atoms with Crippen LogP contribution in [0.4, 0.5) is 0 Å². The molecule has 5 nitrogen and oxygen atoms in total. The molecule has 0 spiro atoms. The Kier molecular flexibility index (Phi) is 5.95. The molecule has 0 aromatic heterocycles. The largest absolute Gasteiger partial charge is 0.354 e. The topological polar surface area (TPSA) is 61.4 Å². The summed E-state index contributed by atoms with van der Waals surface area (Å²) in [6, 6.07) is 1.05. The number of rotatable bonds is 3. The molecule has 0 radical (unpaired) electrons. The minimum atomic E-state index is 0.0685. The maximum absolute atomic E-state index is 13.2. The third-order valence-corrected chi connectivity index (χ3v) is 7.16. The van der Waals surface area contributed by atoms with Crippen molar-refractivity contribution in [2.24, 2.45) is 29.6 Å². The van der Waals surface area contributed by atoms with Crippen molar-refractivity contribution < 1.29 is 9.59 Å². The Hall–Kier alpha value is -1.10. The molecule has 0 aromatic carbocycles. The van der Waals surface area contributed by atoms with Crippen LogP contribution in [0.15, 0.2) is 0 Å². The van der Waals surface area contributed by atoms with Crippen molar-refractivity contribution in [1.82, 2.24) is 15.5 Å². The standard InChI is InChI=1S/C21H37N3O2/c1-12(2)23-20(25)15-7-6-13(3)17(9-15)18-10-16-11-22-14(4)8-19(16)24(5)21(18)26/h12-19,22H,6-11H2,1-5H3,(H,23,25). The fraction of sp³-hybridized carbons (Fsp3) is 0.905. The number of hydrogen-bond donors (Lipinski definition) is 2. The van der Waals surface area contributed by atoms with Crippen molar-refractivity contribution in [2.45, 2.75) is 77.9 Å². The molecule has 0 aromatic rings. The maximum atomic E-state index is 13.2. The van der Waals surface area contributed by atoms with Gasteiger partial charge in [-0.2, -0.15) is 0 Å². The second-order valence-electron chi connectivity index (χ2n) is 9.48. The Morgan fingerprint density at radius 2 is 1.92 bits per heavy atom. The van der Waals surface area contributed by atoms with Crippen molar-refractivity contribution in [3.8, 4) is 0 Å². The summed E-state index contributed by atoms with van der Waals surface area (Å²) in [6.45, 7) is 9.53. The predicted molar refractivity (Wildman–Crippen MR) is 104 cm³/mol. The van der Waals surface area contributed by atoms with E-state index in [2.05, 4.69) is 24.5 Å². The molecule has 3 rings (SSSR count). The second-order valence-corrected chi connectivity index (χ2v) is 9.48. The second kappa shape index (κ2) is 7.87. The van der Waals surface area contributed by atoms with Crippen molar-refractivity contribution in [3.63, 3.8) is 0 Å². The lowest BCUT2D eigenvalue weighted by Gasteiger charge is -2.50. The van der Waals surface area contributed by atoms with Crippen molar-refractivity contribution in [2.75, 3.05) is 13.6 Å². The number of piperidine rings is 2. The van der Waals surface area contributed by atoms with Crippen LogP contribution in [-0.2, 0) is 9.59 Å². The normalized spacial score (nSPS) is 41.1. The van der Waals surface area contributed by atoms with Crippen molar-refractivity contribution in [1.29, 1.82) is 0 Å². The van der Waals surface area contributed by atoms with Gasteiger partial charge < -0.3 is 15.5 Å². The van der Waals surface area contributed by atoms with Gasteiger partial charge in [0.2, 0.25) is 11.8 Å². The molecule has 26 heavy (non-hydrogen) atoms. The molecule has 1 aliphatic carbocycles. The van der Waals surface area contributed by atoms with Gasteiger partial charge in [-0.1, -0.05) is 6.92 Å². The number of likely N-dealkylation sites (tertiary alicyclic amines) is 1. The van der Waals surface area contributed by atoms with Gasteiger partial charge in [0.15, 0.2) is 0 Å². The fourth-order valence-electron chi connectivity index (χ4n) is 5.61. The molecule has 2 saturated heterocycles. The maximum Gasteiger partial charge on any atom is 0.225 e. The lowest BCUT2D eigenvalue weighted by atomic mass is 9.64. The van der Waals surface area contributed by atoms with Crippen LogP contribution < -0.4 is 10.6 Å². The van der Waals surface area contributed by atoms with Crippen molar-refractivity contribution in [3.05, 3.63) is 0 Å². The Labute approximate surface area is 158 Å². The van der Waals surface area contributed by atoms with Crippen LogP contribution in [0.5, 0.6) is 0 Å². The number of carbonyl (C=O) groups is 2. The number of fused-ring (bicyclic) bond motifs is 1. The SMILES string of the molecule is CC(C)NC(=O)C1CCC(C)C(C2CC3CNC(C)CC3N(C)C2=O)C1. The highest BCUT2D eigenvalue weighted by atomic mass is 16.2. The number of nitrogens with one attached hydrogen (secondary N) is 2. The molecule has 2 heterocycles. The van der Waals surface area contributed by atoms with Crippen LogP contribution in [0.25, 0.3) is 0 Å². The third kappa shape index (κ3) is 3.92. The molecule has 7 atom stereocenters. The van der Waals surface area contributed by atoms with E-state index in [0.29, 0.717) is 35.7 Å². The van der Waals surface area contributed by atoms with Crippen LogP contribution in [-0.4, -0.2) is 48.4 Å². The van der Waals surface area contributed by atoms with Gasteiger partial charge in [0, 0.05) is 43.6 Å². The van der Waals surface area contributed by atoms with Gasteiger partial charge in [0.1, 0.15) is 0 Å². The predicted octanol–water partition coefficient (Wildman–Crippen LogP) is 2.41. The molecule has 2 amide bonds. The van der Waals surface area contributed by atoms with Crippen LogP contribution in [0.3, 0.4) is 0 Å². The first-order valence-corrected chi connectivity index (χ1v) is 10.6. The summed E-state index contributed by atoms with van der Waals surface area (Å²) in [4.78, 5) is 27.8. The number of carbonyl (C=O) groups excluding carboxylic acids is 2. The van der Waals surface area contributed by atoms with Gasteiger partial charge in [-0.3, -0.25) is 9.59 Å². The van der Waals surface area contributed by atoms with E-state index in [1.165, 1.54) is 0 Å².